The minimum absolute atomic E-state index is 0.0415. The molecule has 2 nitrogen and oxygen atoms in total. The van der Waals surface area contributed by atoms with Crippen molar-refractivity contribution in [3.63, 3.8) is 0 Å². The van der Waals surface area contributed by atoms with Crippen LogP contribution in [0.3, 0.4) is 0 Å². The smallest absolute Gasteiger partial charge is 0.139 e. The van der Waals surface area contributed by atoms with Crippen molar-refractivity contribution in [3.8, 4) is 0 Å². The number of Topliss-reactive ketones (excluding diaryl/α,β-unsaturated/α-hetero) is 1. The summed E-state index contributed by atoms with van der Waals surface area (Å²) >= 11 is 0. The highest BCUT2D eigenvalue weighted by atomic mass is 16.6. The lowest BCUT2D eigenvalue weighted by molar-refractivity contribution is -0.140. The van der Waals surface area contributed by atoms with Gasteiger partial charge in [-0.3, -0.25) is 4.79 Å². The molecule has 0 bridgehead atoms. The largest absolute Gasteiger partial charge is 0.370 e. The lowest BCUT2D eigenvalue weighted by atomic mass is 9.44. The predicted molar refractivity (Wildman–Crippen MR) is 85.4 cm³/mol. The highest BCUT2D eigenvalue weighted by Gasteiger charge is 2.63. The number of epoxide rings is 1. The SMILES string of the molecule is C[C@]12CC[C@]3(CO3)C[C@@H]1CC[C@@H]1[C@@H]2CC[C@]2(C)C(=O)CC[C@@H]12. The first kappa shape index (κ1) is 14.0. The molecule has 0 aromatic heterocycles. The maximum absolute atomic E-state index is 12.4. The number of fused-ring (bicyclic) bond motifs is 5. The fourth-order valence-electron chi connectivity index (χ4n) is 7.44. The molecule has 7 atom stereocenters. The standard InChI is InChI=1S/C20H30O2/c1-18-9-10-20(12-22-20)11-13(18)3-4-14-15-5-6-17(21)19(15,2)8-7-16(14)18/h13-16H,3-12H2,1-2H3/t13-,14-,15-,16-,18-,19-,20+/m0/s1. The molecule has 1 saturated heterocycles. The Balaban J connectivity index is 1.45. The van der Waals surface area contributed by atoms with E-state index in [-0.39, 0.29) is 5.41 Å². The quantitative estimate of drug-likeness (QED) is 0.622. The van der Waals surface area contributed by atoms with Crippen molar-refractivity contribution in [1.82, 2.24) is 0 Å². The van der Waals surface area contributed by atoms with Crippen LogP contribution in [-0.4, -0.2) is 18.0 Å². The number of carbonyl (C=O) groups excluding carboxylic acids is 1. The molecule has 0 aromatic rings. The van der Waals surface area contributed by atoms with Gasteiger partial charge < -0.3 is 4.74 Å². The molecular formula is C20H30O2. The van der Waals surface area contributed by atoms with Gasteiger partial charge in [0.05, 0.1) is 12.2 Å². The molecule has 0 radical (unpaired) electrons. The average Bonchev–Trinajstić information content (AvgIpc) is 3.19. The van der Waals surface area contributed by atoms with Crippen LogP contribution in [0.4, 0.5) is 0 Å². The number of rotatable bonds is 0. The zero-order chi connectivity index (χ0) is 15.2. The van der Waals surface area contributed by atoms with Gasteiger partial charge in [-0.25, -0.2) is 0 Å². The van der Waals surface area contributed by atoms with Crippen molar-refractivity contribution in [2.75, 3.05) is 6.61 Å². The van der Waals surface area contributed by atoms with Gasteiger partial charge in [0.25, 0.3) is 0 Å². The Morgan fingerprint density at radius 3 is 2.59 bits per heavy atom. The Hall–Kier alpha value is -0.370. The first-order valence-corrected chi connectivity index (χ1v) is 9.64. The second-order valence-electron chi connectivity index (χ2n) is 9.75. The maximum atomic E-state index is 12.4. The Labute approximate surface area is 134 Å². The summed E-state index contributed by atoms with van der Waals surface area (Å²) in [5.74, 6) is 3.88. The third kappa shape index (κ3) is 1.63. The Kier molecular flexibility index (Phi) is 2.66. The summed E-state index contributed by atoms with van der Waals surface area (Å²) in [6, 6.07) is 0. The molecule has 1 spiro atoms. The molecule has 0 unspecified atom stereocenters. The van der Waals surface area contributed by atoms with Crippen molar-refractivity contribution < 1.29 is 9.53 Å². The molecule has 4 saturated carbocycles. The predicted octanol–water partition coefficient (Wildman–Crippen LogP) is 4.37. The highest BCUT2D eigenvalue weighted by Crippen LogP contribution is 2.67. The van der Waals surface area contributed by atoms with Crippen LogP contribution in [0.5, 0.6) is 0 Å². The molecule has 0 aromatic carbocycles. The minimum Gasteiger partial charge on any atom is -0.370 e. The van der Waals surface area contributed by atoms with Gasteiger partial charge >= 0.3 is 0 Å². The van der Waals surface area contributed by atoms with Crippen LogP contribution in [0.1, 0.15) is 71.6 Å². The number of ether oxygens (including phenoxy) is 1. The number of hydrogen-bond acceptors (Lipinski definition) is 2. The van der Waals surface area contributed by atoms with E-state index in [0.717, 1.165) is 30.8 Å². The van der Waals surface area contributed by atoms with Crippen LogP contribution in [0.25, 0.3) is 0 Å². The number of hydrogen-bond donors (Lipinski definition) is 0. The Morgan fingerprint density at radius 2 is 1.82 bits per heavy atom. The summed E-state index contributed by atoms with van der Waals surface area (Å²) in [5, 5.41) is 0. The molecule has 5 rings (SSSR count). The molecule has 5 fully saturated rings. The molecule has 5 aliphatic rings. The topological polar surface area (TPSA) is 29.6 Å². The third-order valence-electron chi connectivity index (χ3n) is 9.06. The first-order chi connectivity index (χ1) is 10.5. The van der Waals surface area contributed by atoms with E-state index in [1.54, 1.807) is 0 Å². The van der Waals surface area contributed by atoms with Gasteiger partial charge in [-0.2, -0.15) is 0 Å². The van der Waals surface area contributed by atoms with Crippen LogP contribution in [-0.2, 0) is 9.53 Å². The number of ketones is 1. The normalized spacial score (nSPS) is 59.8. The summed E-state index contributed by atoms with van der Waals surface area (Å²) in [4.78, 5) is 12.4. The molecule has 1 heterocycles. The highest BCUT2D eigenvalue weighted by molar-refractivity contribution is 5.87. The second-order valence-corrected chi connectivity index (χ2v) is 9.75. The summed E-state index contributed by atoms with van der Waals surface area (Å²) in [6.07, 6.45) is 11.3. The van der Waals surface area contributed by atoms with Crippen LogP contribution < -0.4 is 0 Å². The molecule has 122 valence electrons. The molecule has 0 amide bonds. The van der Waals surface area contributed by atoms with E-state index in [9.17, 15) is 4.79 Å². The summed E-state index contributed by atoms with van der Waals surface area (Å²) in [7, 11) is 0. The zero-order valence-corrected chi connectivity index (χ0v) is 14.2. The van der Waals surface area contributed by atoms with Crippen LogP contribution >= 0.6 is 0 Å². The van der Waals surface area contributed by atoms with Gasteiger partial charge in [0, 0.05) is 11.8 Å². The van der Waals surface area contributed by atoms with Crippen molar-refractivity contribution in [1.29, 1.82) is 0 Å². The van der Waals surface area contributed by atoms with Crippen molar-refractivity contribution in [3.05, 3.63) is 0 Å². The van der Waals surface area contributed by atoms with Gasteiger partial charge in [0.1, 0.15) is 5.78 Å². The van der Waals surface area contributed by atoms with Crippen LogP contribution in [0.15, 0.2) is 0 Å². The monoisotopic (exact) mass is 302 g/mol. The van der Waals surface area contributed by atoms with Gasteiger partial charge in [-0.05, 0) is 80.5 Å². The van der Waals surface area contributed by atoms with E-state index in [0.29, 0.717) is 22.7 Å². The number of carbonyl (C=O) groups is 1. The van der Waals surface area contributed by atoms with Gasteiger partial charge in [-0.1, -0.05) is 13.8 Å². The van der Waals surface area contributed by atoms with Crippen molar-refractivity contribution in [2.24, 2.45) is 34.5 Å². The van der Waals surface area contributed by atoms with E-state index in [4.69, 9.17) is 4.74 Å². The van der Waals surface area contributed by atoms with E-state index in [2.05, 4.69) is 13.8 Å². The average molecular weight is 302 g/mol. The summed E-state index contributed by atoms with van der Waals surface area (Å²) in [6.45, 7) is 5.93. The molecule has 4 aliphatic carbocycles. The Bertz CT molecular complexity index is 522. The molecule has 22 heavy (non-hydrogen) atoms. The van der Waals surface area contributed by atoms with Crippen molar-refractivity contribution >= 4 is 5.78 Å². The summed E-state index contributed by atoms with van der Waals surface area (Å²) < 4.78 is 5.82. The second kappa shape index (κ2) is 4.18. The van der Waals surface area contributed by atoms with Gasteiger partial charge in [-0.15, -0.1) is 0 Å². The molecule has 2 heteroatoms. The van der Waals surface area contributed by atoms with Crippen LogP contribution in [0.2, 0.25) is 0 Å². The first-order valence-electron chi connectivity index (χ1n) is 9.64. The lowest BCUT2D eigenvalue weighted by Gasteiger charge is -2.60. The van der Waals surface area contributed by atoms with Gasteiger partial charge in [0.15, 0.2) is 0 Å². The third-order valence-corrected chi connectivity index (χ3v) is 9.06. The summed E-state index contributed by atoms with van der Waals surface area (Å²) in [5.41, 5.74) is 0.885. The van der Waals surface area contributed by atoms with E-state index in [1.165, 1.54) is 51.4 Å². The zero-order valence-electron chi connectivity index (χ0n) is 14.2. The van der Waals surface area contributed by atoms with Gasteiger partial charge in [0.2, 0.25) is 0 Å². The lowest BCUT2D eigenvalue weighted by Crippen LogP contribution is -2.54. The molecule has 0 N–H and O–H groups in total. The maximum Gasteiger partial charge on any atom is 0.139 e. The van der Waals surface area contributed by atoms with Crippen LogP contribution in [0, 0.1) is 34.5 Å². The van der Waals surface area contributed by atoms with E-state index < -0.39 is 0 Å². The molecule has 1 aliphatic heterocycles. The molecular weight excluding hydrogens is 272 g/mol. The van der Waals surface area contributed by atoms with E-state index in [1.807, 2.05) is 0 Å². The Morgan fingerprint density at radius 1 is 1.00 bits per heavy atom. The fourth-order valence-corrected chi connectivity index (χ4v) is 7.44. The minimum atomic E-state index is 0.0415. The van der Waals surface area contributed by atoms with E-state index >= 15 is 0 Å². The van der Waals surface area contributed by atoms with Crippen molar-refractivity contribution in [2.45, 2.75) is 77.2 Å². The fraction of sp³-hybridized carbons (Fsp3) is 0.950.